The standard InChI is InChI=1S/C37H38O2/c1-9-11-13-28-23-29(14-12-10-2)25-30(24-28)15-16-31-26-33(18-20-37(6,7)8)34(35-38-21-22-39-35)27-32(31)17-19-36(3,4)5/h23-27,35H,9-10,21-22H2,1-8H3. The zero-order chi connectivity index (χ0) is 28.5. The maximum atomic E-state index is 5.87. The second kappa shape index (κ2) is 13.3. The molecule has 2 aromatic carbocycles. The predicted molar refractivity (Wildman–Crippen MR) is 161 cm³/mol. The maximum Gasteiger partial charge on any atom is 0.185 e. The third kappa shape index (κ3) is 9.76. The summed E-state index contributed by atoms with van der Waals surface area (Å²) in [5.74, 6) is 33.0. The molecule has 1 saturated heterocycles. The van der Waals surface area contributed by atoms with Gasteiger partial charge in [0.2, 0.25) is 0 Å². The van der Waals surface area contributed by atoms with Crippen LogP contribution in [-0.4, -0.2) is 13.2 Å². The van der Waals surface area contributed by atoms with Crippen LogP contribution >= 0.6 is 0 Å². The lowest BCUT2D eigenvalue weighted by molar-refractivity contribution is -0.0443. The fourth-order valence-electron chi connectivity index (χ4n) is 3.54. The van der Waals surface area contributed by atoms with Crippen molar-refractivity contribution in [1.29, 1.82) is 0 Å². The Hall–Kier alpha value is -3.84. The van der Waals surface area contributed by atoms with Crippen LogP contribution < -0.4 is 0 Å². The van der Waals surface area contributed by atoms with Crippen molar-refractivity contribution in [3.8, 4) is 59.2 Å². The smallest absolute Gasteiger partial charge is 0.185 e. The Morgan fingerprint density at radius 3 is 1.54 bits per heavy atom. The Balaban J connectivity index is 2.23. The molecule has 0 spiro atoms. The van der Waals surface area contributed by atoms with Gasteiger partial charge in [-0.25, -0.2) is 0 Å². The highest BCUT2D eigenvalue weighted by Crippen LogP contribution is 2.29. The summed E-state index contributed by atoms with van der Waals surface area (Å²) in [6.07, 6.45) is 1.13. The lowest BCUT2D eigenvalue weighted by Crippen LogP contribution is -2.05. The molecule has 0 aromatic heterocycles. The third-order valence-electron chi connectivity index (χ3n) is 5.30. The summed E-state index contributed by atoms with van der Waals surface area (Å²) in [5.41, 5.74) is 5.77. The molecule has 1 aliphatic heterocycles. The molecular formula is C37H38O2. The van der Waals surface area contributed by atoms with Crippen molar-refractivity contribution in [3.63, 3.8) is 0 Å². The molecule has 2 heteroatoms. The molecule has 0 atom stereocenters. The number of hydrogen-bond acceptors (Lipinski definition) is 2. The molecule has 0 bridgehead atoms. The summed E-state index contributed by atoms with van der Waals surface area (Å²) in [4.78, 5) is 0. The Morgan fingerprint density at radius 1 is 0.590 bits per heavy atom. The van der Waals surface area contributed by atoms with Gasteiger partial charge in [-0.05, 0) is 71.9 Å². The van der Waals surface area contributed by atoms with E-state index in [9.17, 15) is 0 Å². The van der Waals surface area contributed by atoms with Gasteiger partial charge in [-0.2, -0.15) is 0 Å². The molecule has 0 aliphatic carbocycles. The van der Waals surface area contributed by atoms with Crippen molar-refractivity contribution >= 4 is 0 Å². The van der Waals surface area contributed by atoms with Crippen LogP contribution in [0.2, 0.25) is 0 Å². The average Bonchev–Trinajstić information content (AvgIpc) is 3.41. The maximum absolute atomic E-state index is 5.87. The van der Waals surface area contributed by atoms with Gasteiger partial charge < -0.3 is 9.47 Å². The molecule has 0 radical (unpaired) electrons. The first-order chi connectivity index (χ1) is 18.5. The topological polar surface area (TPSA) is 18.5 Å². The summed E-state index contributed by atoms with van der Waals surface area (Å²) in [6, 6.07) is 10.1. The van der Waals surface area contributed by atoms with Crippen LogP contribution in [0.3, 0.4) is 0 Å². The molecule has 2 aromatic rings. The zero-order valence-electron chi connectivity index (χ0n) is 24.6. The Morgan fingerprint density at radius 2 is 1.05 bits per heavy atom. The van der Waals surface area contributed by atoms with E-state index in [1.165, 1.54) is 0 Å². The SMILES string of the molecule is CCC#Cc1cc(C#CCC)cc(C#Cc2cc(C#CC(C)(C)C)c(C3OCCO3)cc2C#CC(C)(C)C)c1. The van der Waals surface area contributed by atoms with Crippen LogP contribution in [-0.2, 0) is 9.47 Å². The van der Waals surface area contributed by atoms with Crippen LogP contribution in [0.4, 0.5) is 0 Å². The van der Waals surface area contributed by atoms with Gasteiger partial charge in [0.05, 0.1) is 13.2 Å². The third-order valence-corrected chi connectivity index (χ3v) is 5.30. The molecule has 0 N–H and O–H groups in total. The van der Waals surface area contributed by atoms with Crippen molar-refractivity contribution < 1.29 is 9.47 Å². The molecule has 1 heterocycles. The average molecular weight is 515 g/mol. The molecule has 2 nitrogen and oxygen atoms in total. The van der Waals surface area contributed by atoms with Crippen molar-refractivity contribution in [2.45, 2.75) is 74.5 Å². The second-order valence-corrected chi connectivity index (χ2v) is 11.4. The minimum atomic E-state index is -0.458. The Labute approximate surface area is 236 Å². The predicted octanol–water partition coefficient (Wildman–Crippen LogP) is 7.45. The van der Waals surface area contributed by atoms with E-state index in [1.807, 2.05) is 44.2 Å². The summed E-state index contributed by atoms with van der Waals surface area (Å²) < 4.78 is 11.7. The van der Waals surface area contributed by atoms with Crippen molar-refractivity contribution in [3.05, 3.63) is 69.3 Å². The molecule has 1 fully saturated rings. The molecule has 0 unspecified atom stereocenters. The fourth-order valence-corrected chi connectivity index (χ4v) is 3.54. The van der Waals surface area contributed by atoms with E-state index >= 15 is 0 Å². The number of ether oxygens (including phenoxy) is 2. The number of rotatable bonds is 1. The van der Waals surface area contributed by atoms with Crippen LogP contribution in [0.1, 0.15) is 113 Å². The van der Waals surface area contributed by atoms with Crippen molar-refractivity contribution in [1.82, 2.24) is 0 Å². The van der Waals surface area contributed by atoms with Crippen molar-refractivity contribution in [2.75, 3.05) is 13.2 Å². The highest BCUT2D eigenvalue weighted by molar-refractivity contribution is 5.60. The summed E-state index contributed by atoms with van der Waals surface area (Å²) in [5, 5.41) is 0. The first-order valence-electron chi connectivity index (χ1n) is 13.6. The molecule has 0 amide bonds. The van der Waals surface area contributed by atoms with Gasteiger partial charge in [-0.15, -0.1) is 0 Å². The minimum Gasteiger partial charge on any atom is -0.346 e. The molecule has 0 saturated carbocycles. The van der Waals surface area contributed by atoms with E-state index in [-0.39, 0.29) is 10.8 Å². The van der Waals surface area contributed by atoms with Gasteiger partial charge in [0.15, 0.2) is 6.29 Å². The summed E-state index contributed by atoms with van der Waals surface area (Å²) >= 11 is 0. The Kier molecular flexibility index (Phi) is 10.1. The van der Waals surface area contributed by atoms with Crippen LogP contribution in [0.25, 0.3) is 0 Å². The van der Waals surface area contributed by atoms with Gasteiger partial charge in [-0.1, -0.05) is 73.1 Å². The van der Waals surface area contributed by atoms with Crippen LogP contribution in [0, 0.1) is 70.0 Å². The molecule has 3 rings (SSSR count). The highest BCUT2D eigenvalue weighted by atomic mass is 16.7. The van der Waals surface area contributed by atoms with Gasteiger partial charge in [-0.3, -0.25) is 0 Å². The van der Waals surface area contributed by atoms with Crippen LogP contribution in [0.15, 0.2) is 30.3 Å². The molecule has 198 valence electrons. The highest BCUT2D eigenvalue weighted by Gasteiger charge is 2.23. The Bertz CT molecular complexity index is 1470. The van der Waals surface area contributed by atoms with E-state index < -0.39 is 6.29 Å². The normalized spacial score (nSPS) is 12.8. The van der Waals surface area contributed by atoms with Gasteiger partial charge >= 0.3 is 0 Å². The number of hydrogen-bond donors (Lipinski definition) is 0. The lowest BCUT2D eigenvalue weighted by atomic mass is 9.93. The minimum absolute atomic E-state index is 0.152. The van der Waals surface area contributed by atoms with Gasteiger partial charge in [0.1, 0.15) is 0 Å². The summed E-state index contributed by atoms with van der Waals surface area (Å²) in [7, 11) is 0. The van der Waals surface area contributed by atoms with E-state index in [4.69, 9.17) is 9.47 Å². The fraction of sp³-hybridized carbons (Fsp3) is 0.405. The lowest BCUT2D eigenvalue weighted by Gasteiger charge is -2.15. The van der Waals surface area contributed by atoms with Gasteiger partial charge in [0.25, 0.3) is 0 Å². The molecular weight excluding hydrogens is 476 g/mol. The number of benzene rings is 2. The van der Waals surface area contributed by atoms with E-state index in [0.29, 0.717) is 13.2 Å². The van der Waals surface area contributed by atoms with Crippen LogP contribution in [0.5, 0.6) is 0 Å². The quantitative estimate of drug-likeness (QED) is 0.368. The van der Waals surface area contributed by atoms with Crippen molar-refractivity contribution in [2.24, 2.45) is 10.8 Å². The molecule has 1 aliphatic rings. The molecule has 39 heavy (non-hydrogen) atoms. The zero-order valence-corrected chi connectivity index (χ0v) is 24.6. The van der Waals surface area contributed by atoms with E-state index in [1.54, 1.807) is 0 Å². The van der Waals surface area contributed by atoms with E-state index in [2.05, 4.69) is 101 Å². The first kappa shape index (κ1) is 29.7. The van der Waals surface area contributed by atoms with Gasteiger partial charge in [0, 0.05) is 62.6 Å². The first-order valence-corrected chi connectivity index (χ1v) is 13.6. The summed E-state index contributed by atoms with van der Waals surface area (Å²) in [6.45, 7) is 17.8. The van der Waals surface area contributed by atoms with E-state index in [0.717, 1.165) is 51.8 Å². The second-order valence-electron chi connectivity index (χ2n) is 11.4. The largest absolute Gasteiger partial charge is 0.346 e. The monoisotopic (exact) mass is 514 g/mol.